The summed E-state index contributed by atoms with van der Waals surface area (Å²) in [4.78, 5) is 52.5. The molecule has 6 atom stereocenters. The summed E-state index contributed by atoms with van der Waals surface area (Å²) in [6.07, 6.45) is 5.23. The number of esters is 1. The van der Waals surface area contributed by atoms with Crippen LogP contribution in [0.2, 0.25) is 0 Å². The van der Waals surface area contributed by atoms with Crippen LogP contribution in [0, 0.1) is 35.5 Å². The highest BCUT2D eigenvalue weighted by atomic mass is 16.5. The fourth-order valence-corrected chi connectivity index (χ4v) is 6.15. The molecule has 0 aromatic heterocycles. The minimum Gasteiger partial charge on any atom is -0.459 e. The number of rotatable bonds is 5. The van der Waals surface area contributed by atoms with Gasteiger partial charge in [0.15, 0.2) is 0 Å². The van der Waals surface area contributed by atoms with Gasteiger partial charge >= 0.3 is 5.97 Å². The Bertz CT molecular complexity index is 1230. The number of carbonyl (C=O) groups is 4. The monoisotopic (exact) mass is 470 g/mol. The Morgan fingerprint density at radius 2 is 1.40 bits per heavy atom. The summed E-state index contributed by atoms with van der Waals surface area (Å²) in [6, 6.07) is 13.0. The number of hydrogen-bond acceptors (Lipinski definition) is 5. The molecule has 6 unspecified atom stereocenters. The molecule has 2 saturated carbocycles. The van der Waals surface area contributed by atoms with E-state index in [1.807, 2.05) is 0 Å². The van der Waals surface area contributed by atoms with Crippen LogP contribution in [0.1, 0.15) is 41.0 Å². The highest BCUT2D eigenvalue weighted by Crippen LogP contribution is 2.65. The molecule has 7 heteroatoms. The number of ether oxygens (including phenoxy) is 1. The summed E-state index contributed by atoms with van der Waals surface area (Å²) < 4.78 is 5.17. The zero-order valence-electron chi connectivity index (χ0n) is 19.5. The van der Waals surface area contributed by atoms with E-state index in [9.17, 15) is 19.2 Å². The second-order valence-corrected chi connectivity index (χ2v) is 10.2. The Hall–Kier alpha value is -3.74. The van der Waals surface area contributed by atoms with Crippen LogP contribution in [0.3, 0.4) is 0 Å². The van der Waals surface area contributed by atoms with Gasteiger partial charge in [0.2, 0.25) is 11.8 Å². The van der Waals surface area contributed by atoms with E-state index in [-0.39, 0.29) is 47.5 Å². The average Bonchev–Trinajstić information content (AvgIpc) is 3.62. The van der Waals surface area contributed by atoms with E-state index in [1.54, 1.807) is 62.4 Å². The van der Waals surface area contributed by atoms with Crippen LogP contribution in [0.25, 0.3) is 0 Å². The van der Waals surface area contributed by atoms with Crippen LogP contribution in [-0.4, -0.2) is 29.8 Å². The first-order valence-corrected chi connectivity index (χ1v) is 12.1. The number of imide groups is 1. The first-order chi connectivity index (χ1) is 16.8. The summed E-state index contributed by atoms with van der Waals surface area (Å²) >= 11 is 0. The van der Waals surface area contributed by atoms with Gasteiger partial charge in [-0.15, -0.1) is 0 Å². The van der Waals surface area contributed by atoms with Gasteiger partial charge in [0.1, 0.15) is 0 Å². The molecule has 1 N–H and O–H groups in total. The molecule has 0 radical (unpaired) electrons. The number of anilines is 2. The molecule has 7 nitrogen and oxygen atoms in total. The number of hydrogen-bond donors (Lipinski definition) is 1. The van der Waals surface area contributed by atoms with Gasteiger partial charge in [0.25, 0.3) is 5.91 Å². The Kier molecular flexibility index (Phi) is 4.91. The van der Waals surface area contributed by atoms with Crippen molar-refractivity contribution in [3.8, 4) is 0 Å². The number of nitrogens with one attached hydrogen (secondary N) is 1. The molecule has 35 heavy (non-hydrogen) atoms. The quantitative estimate of drug-likeness (QED) is 0.404. The van der Waals surface area contributed by atoms with E-state index in [2.05, 4.69) is 17.5 Å². The molecule has 4 aliphatic carbocycles. The van der Waals surface area contributed by atoms with E-state index in [4.69, 9.17) is 4.74 Å². The summed E-state index contributed by atoms with van der Waals surface area (Å²) in [7, 11) is 0. The zero-order chi connectivity index (χ0) is 24.4. The molecule has 2 aromatic carbocycles. The van der Waals surface area contributed by atoms with Gasteiger partial charge in [-0.1, -0.05) is 12.2 Å². The summed E-state index contributed by atoms with van der Waals surface area (Å²) in [6.45, 7) is 3.56. The highest BCUT2D eigenvalue weighted by Gasteiger charge is 2.67. The Morgan fingerprint density at radius 3 is 1.94 bits per heavy atom. The maximum atomic E-state index is 13.3. The predicted octanol–water partition coefficient (Wildman–Crippen LogP) is 4.06. The molecule has 1 heterocycles. The maximum absolute atomic E-state index is 13.3. The van der Waals surface area contributed by atoms with Crippen molar-refractivity contribution in [2.24, 2.45) is 35.5 Å². The molecular weight excluding hydrogens is 444 g/mol. The van der Waals surface area contributed by atoms with Gasteiger partial charge in [0.05, 0.1) is 29.2 Å². The number of nitrogens with zero attached hydrogens (tertiary/aromatic N) is 1. The van der Waals surface area contributed by atoms with Crippen LogP contribution >= 0.6 is 0 Å². The normalized spacial score (nSPS) is 29.7. The Balaban J connectivity index is 1.14. The van der Waals surface area contributed by atoms with Crippen LogP contribution in [0.15, 0.2) is 60.7 Å². The molecular formula is C28H26N2O5. The maximum Gasteiger partial charge on any atom is 0.338 e. The van der Waals surface area contributed by atoms with E-state index < -0.39 is 5.97 Å². The number of allylic oxidation sites excluding steroid dienone is 2. The Labute approximate surface area is 203 Å². The molecule has 0 spiro atoms. The molecule has 1 aliphatic heterocycles. The van der Waals surface area contributed by atoms with Crippen molar-refractivity contribution in [2.45, 2.75) is 26.4 Å². The van der Waals surface area contributed by atoms with Crippen molar-refractivity contribution in [2.75, 3.05) is 10.2 Å². The molecule has 3 fully saturated rings. The lowest BCUT2D eigenvalue weighted by Crippen LogP contribution is -2.40. The number of benzene rings is 2. The lowest BCUT2D eigenvalue weighted by atomic mass is 9.63. The van der Waals surface area contributed by atoms with Crippen molar-refractivity contribution < 1.29 is 23.9 Å². The molecule has 1 saturated heterocycles. The van der Waals surface area contributed by atoms with E-state index >= 15 is 0 Å². The average molecular weight is 471 g/mol. The van der Waals surface area contributed by atoms with Gasteiger partial charge in [-0.05, 0) is 92.5 Å². The molecule has 5 aliphatic rings. The minimum absolute atomic E-state index is 0.113. The number of amides is 3. The summed E-state index contributed by atoms with van der Waals surface area (Å²) in [5, 5.41) is 2.80. The summed E-state index contributed by atoms with van der Waals surface area (Å²) in [5.74, 6) is 0.0170. The van der Waals surface area contributed by atoms with Gasteiger partial charge in [-0.3, -0.25) is 19.3 Å². The van der Waals surface area contributed by atoms with Crippen molar-refractivity contribution >= 4 is 35.1 Å². The van der Waals surface area contributed by atoms with Crippen LogP contribution < -0.4 is 10.2 Å². The molecule has 7 rings (SSSR count). The third-order valence-electron chi connectivity index (χ3n) is 7.77. The largest absolute Gasteiger partial charge is 0.459 e. The van der Waals surface area contributed by atoms with E-state index in [1.165, 1.54) is 4.90 Å². The lowest BCUT2D eigenvalue weighted by molar-refractivity contribution is -0.124. The van der Waals surface area contributed by atoms with Crippen molar-refractivity contribution in [1.82, 2.24) is 0 Å². The molecule has 178 valence electrons. The van der Waals surface area contributed by atoms with E-state index in [0.717, 1.165) is 6.42 Å². The standard InChI is InChI=1S/C28H26N2O5/c1-14(2)35-28(34)16-3-7-17(8-4-16)29-25(31)15-5-9-18(10-6-15)30-26(32)23-19-11-12-20(22-13-21(19)22)24(23)27(30)33/h3-12,14,19-24H,13H2,1-2H3,(H,29,31). The van der Waals surface area contributed by atoms with E-state index in [0.29, 0.717) is 34.3 Å². The second-order valence-electron chi connectivity index (χ2n) is 10.2. The second kappa shape index (κ2) is 7.90. The first-order valence-electron chi connectivity index (χ1n) is 12.1. The smallest absolute Gasteiger partial charge is 0.338 e. The van der Waals surface area contributed by atoms with Crippen LogP contribution in [-0.2, 0) is 14.3 Å². The first kappa shape index (κ1) is 21.8. The van der Waals surface area contributed by atoms with Crippen molar-refractivity contribution in [1.29, 1.82) is 0 Å². The predicted molar refractivity (Wildman–Crippen MR) is 129 cm³/mol. The zero-order valence-corrected chi connectivity index (χ0v) is 19.5. The van der Waals surface area contributed by atoms with Gasteiger partial charge < -0.3 is 10.1 Å². The SMILES string of the molecule is CC(C)OC(=O)c1ccc(NC(=O)c2ccc(N3C(=O)C4C5C=CC(C6CC56)C4C3=O)cc2)cc1. The fourth-order valence-electron chi connectivity index (χ4n) is 6.15. The third kappa shape index (κ3) is 3.49. The fraction of sp³-hybridized carbons (Fsp3) is 0.357. The van der Waals surface area contributed by atoms with Crippen molar-refractivity contribution in [3.63, 3.8) is 0 Å². The van der Waals surface area contributed by atoms with Gasteiger partial charge in [-0.2, -0.15) is 0 Å². The van der Waals surface area contributed by atoms with Gasteiger partial charge in [-0.25, -0.2) is 4.79 Å². The molecule has 2 aromatic rings. The third-order valence-corrected chi connectivity index (χ3v) is 7.77. The summed E-state index contributed by atoms with van der Waals surface area (Å²) in [5.41, 5.74) is 1.85. The number of carbonyl (C=O) groups excluding carboxylic acids is 4. The lowest BCUT2D eigenvalue weighted by Gasteiger charge is -2.37. The van der Waals surface area contributed by atoms with Gasteiger partial charge in [0, 0.05) is 11.3 Å². The topological polar surface area (TPSA) is 92.8 Å². The molecule has 2 bridgehead atoms. The van der Waals surface area contributed by atoms with Crippen molar-refractivity contribution in [3.05, 3.63) is 71.8 Å². The molecule has 3 amide bonds. The highest BCUT2D eigenvalue weighted by molar-refractivity contribution is 6.22. The van der Waals surface area contributed by atoms with Crippen LogP contribution in [0.4, 0.5) is 11.4 Å². The van der Waals surface area contributed by atoms with Crippen LogP contribution in [0.5, 0.6) is 0 Å². The Morgan fingerprint density at radius 1 is 0.857 bits per heavy atom. The minimum atomic E-state index is -0.417.